The van der Waals surface area contributed by atoms with Crippen LogP contribution in [0.4, 0.5) is 0 Å². The van der Waals surface area contributed by atoms with Gasteiger partial charge in [0.05, 0.1) is 5.56 Å². The van der Waals surface area contributed by atoms with Crippen LogP contribution >= 0.6 is 0 Å². The largest absolute Gasteiger partial charge is 0.505 e. The van der Waals surface area contributed by atoms with Crippen molar-refractivity contribution in [3.63, 3.8) is 0 Å². The Morgan fingerprint density at radius 1 is 0.968 bits per heavy atom. The van der Waals surface area contributed by atoms with E-state index in [1.807, 2.05) is 30.3 Å². The Bertz CT molecular complexity index is 1320. The molecule has 0 aliphatic rings. The zero-order chi connectivity index (χ0) is 22.0. The van der Waals surface area contributed by atoms with Crippen LogP contribution in [0.25, 0.3) is 16.4 Å². The lowest BCUT2D eigenvalue weighted by Gasteiger charge is -2.13. The number of pyridine rings is 1. The second-order valence-electron chi connectivity index (χ2n) is 6.67. The van der Waals surface area contributed by atoms with Crippen molar-refractivity contribution in [3.05, 3.63) is 71.7 Å². The summed E-state index contributed by atoms with van der Waals surface area (Å²) < 4.78 is 1.09. The van der Waals surface area contributed by atoms with Crippen LogP contribution in [-0.2, 0) is 11.3 Å². The molecule has 0 radical (unpaired) electrons. The third-order valence-electron chi connectivity index (χ3n) is 4.68. The number of carboxylic acid groups (broad SMARTS) is 1. The molecule has 0 bridgehead atoms. The predicted octanol–water partition coefficient (Wildman–Crippen LogP) is 1.33. The molecule has 156 valence electrons. The summed E-state index contributed by atoms with van der Waals surface area (Å²) in [5.74, 6) is -2.90. The van der Waals surface area contributed by atoms with E-state index in [1.165, 1.54) is 6.33 Å². The molecule has 0 unspecified atom stereocenters. The van der Waals surface area contributed by atoms with Gasteiger partial charge in [-0.15, -0.1) is 0 Å². The van der Waals surface area contributed by atoms with Gasteiger partial charge in [0.2, 0.25) is 0 Å². The number of nitrogens with zero attached hydrogens (tertiary/aromatic N) is 3. The molecular formula is C21H17N5O5. The fraction of sp³-hybridized carbons (Fsp3) is 0.0952. The number of carboxylic acids is 1. The van der Waals surface area contributed by atoms with E-state index in [9.17, 15) is 19.5 Å². The van der Waals surface area contributed by atoms with Gasteiger partial charge in [-0.1, -0.05) is 42.5 Å². The van der Waals surface area contributed by atoms with Gasteiger partial charge in [-0.05, 0) is 11.6 Å². The van der Waals surface area contributed by atoms with Gasteiger partial charge in [-0.3, -0.25) is 14.4 Å². The molecule has 2 heterocycles. The summed E-state index contributed by atoms with van der Waals surface area (Å²) in [6.07, 6.45) is 1.18. The van der Waals surface area contributed by atoms with Crippen LogP contribution in [0, 0.1) is 0 Å². The first-order chi connectivity index (χ1) is 15.0. The number of carbonyl (C=O) groups excluding carboxylic acids is 2. The Balaban J connectivity index is 1.78. The van der Waals surface area contributed by atoms with E-state index in [1.54, 1.807) is 18.2 Å². The molecular weight excluding hydrogens is 402 g/mol. The number of aliphatic carboxylic acids is 1. The van der Waals surface area contributed by atoms with Gasteiger partial charge in [-0.2, -0.15) is 5.10 Å². The van der Waals surface area contributed by atoms with Gasteiger partial charge >= 0.3 is 5.97 Å². The van der Waals surface area contributed by atoms with Crippen LogP contribution in [0.15, 0.2) is 54.9 Å². The number of benzene rings is 2. The van der Waals surface area contributed by atoms with E-state index in [4.69, 9.17) is 5.11 Å². The first-order valence-electron chi connectivity index (χ1n) is 9.27. The summed E-state index contributed by atoms with van der Waals surface area (Å²) in [6, 6.07) is 14.1. The topological polar surface area (TPSA) is 146 Å². The summed E-state index contributed by atoms with van der Waals surface area (Å²) in [7, 11) is 0. The van der Waals surface area contributed by atoms with Crippen molar-refractivity contribution in [2.45, 2.75) is 6.54 Å². The Morgan fingerprint density at radius 2 is 1.74 bits per heavy atom. The Hall–Kier alpha value is -4.47. The van der Waals surface area contributed by atoms with Crippen molar-refractivity contribution in [2.24, 2.45) is 0 Å². The van der Waals surface area contributed by atoms with E-state index < -0.39 is 24.2 Å². The number of fused-ring (bicyclic) bond motifs is 3. The Labute approximate surface area is 175 Å². The van der Waals surface area contributed by atoms with Crippen LogP contribution in [-0.4, -0.2) is 49.1 Å². The quantitative estimate of drug-likeness (QED) is 0.369. The monoisotopic (exact) mass is 419 g/mol. The van der Waals surface area contributed by atoms with Crippen molar-refractivity contribution in [2.75, 3.05) is 6.54 Å². The predicted molar refractivity (Wildman–Crippen MR) is 110 cm³/mol. The zero-order valence-corrected chi connectivity index (χ0v) is 16.1. The average molecular weight is 419 g/mol. The van der Waals surface area contributed by atoms with Gasteiger partial charge in [0.25, 0.3) is 11.8 Å². The number of hydrogen-bond donors (Lipinski definition) is 4. The van der Waals surface area contributed by atoms with E-state index in [-0.39, 0.29) is 28.2 Å². The molecule has 4 N–H and O–H groups in total. The lowest BCUT2D eigenvalue weighted by molar-refractivity contribution is -0.135. The molecule has 0 atom stereocenters. The van der Waals surface area contributed by atoms with Crippen LogP contribution in [0.2, 0.25) is 0 Å². The minimum Gasteiger partial charge on any atom is -0.505 e. The van der Waals surface area contributed by atoms with E-state index in [0.717, 1.165) is 10.1 Å². The first kappa shape index (κ1) is 19.8. The molecule has 4 aromatic rings. The summed E-state index contributed by atoms with van der Waals surface area (Å²) in [4.78, 5) is 40.3. The molecule has 0 saturated carbocycles. The highest BCUT2D eigenvalue weighted by Gasteiger charge is 2.24. The molecule has 0 aliphatic heterocycles. The lowest BCUT2D eigenvalue weighted by atomic mass is 10.0. The smallest absolute Gasteiger partial charge is 0.322 e. The maximum atomic E-state index is 12.9. The molecule has 0 aliphatic carbocycles. The second kappa shape index (κ2) is 8.11. The van der Waals surface area contributed by atoms with Crippen molar-refractivity contribution < 1.29 is 24.6 Å². The first-order valence-corrected chi connectivity index (χ1v) is 9.27. The average Bonchev–Trinajstić information content (AvgIpc) is 3.26. The highest BCUT2D eigenvalue weighted by atomic mass is 16.4. The van der Waals surface area contributed by atoms with Gasteiger partial charge in [-0.25, -0.2) is 9.50 Å². The summed E-state index contributed by atoms with van der Waals surface area (Å²) in [5.41, 5.74) is 1.07. The minimum absolute atomic E-state index is 0.179. The van der Waals surface area contributed by atoms with Crippen LogP contribution in [0.1, 0.15) is 26.4 Å². The second-order valence-corrected chi connectivity index (χ2v) is 6.67. The zero-order valence-electron chi connectivity index (χ0n) is 16.1. The molecule has 0 fully saturated rings. The van der Waals surface area contributed by atoms with Crippen LogP contribution in [0.3, 0.4) is 0 Å². The Kier molecular flexibility index (Phi) is 5.19. The van der Waals surface area contributed by atoms with E-state index in [0.29, 0.717) is 11.9 Å². The molecule has 31 heavy (non-hydrogen) atoms. The van der Waals surface area contributed by atoms with Gasteiger partial charge in [0.15, 0.2) is 17.1 Å². The standard InChI is InChI=1S/C21H17N5O5/c27-15(28)10-23-21(31)17-18(29)13-7-4-8-14(16(13)19-24-11-25-26(17)19)20(30)22-9-12-5-2-1-3-6-12/h1-8,11,29H,9-10H2,(H,22,30)(H,23,31)(H,27,28). The molecule has 2 aromatic carbocycles. The van der Waals surface area contributed by atoms with E-state index >= 15 is 0 Å². The van der Waals surface area contributed by atoms with Gasteiger partial charge in [0.1, 0.15) is 12.9 Å². The minimum atomic E-state index is -1.24. The summed E-state index contributed by atoms with van der Waals surface area (Å²) >= 11 is 0. The van der Waals surface area contributed by atoms with Crippen LogP contribution in [0.5, 0.6) is 5.75 Å². The SMILES string of the molecule is O=C(O)CNC(=O)c1c(O)c2cccc(C(=O)NCc3ccccc3)c2c2ncnn12. The fourth-order valence-corrected chi connectivity index (χ4v) is 3.30. The molecule has 4 rings (SSSR count). The number of carbonyl (C=O) groups is 3. The maximum Gasteiger partial charge on any atom is 0.322 e. The lowest BCUT2D eigenvalue weighted by Crippen LogP contribution is -2.31. The molecule has 2 amide bonds. The molecule has 2 aromatic heterocycles. The maximum absolute atomic E-state index is 12.9. The highest BCUT2D eigenvalue weighted by molar-refractivity contribution is 6.15. The van der Waals surface area contributed by atoms with Gasteiger partial charge < -0.3 is 20.8 Å². The van der Waals surface area contributed by atoms with Gasteiger partial charge in [0, 0.05) is 17.3 Å². The van der Waals surface area contributed by atoms with Crippen LogP contribution < -0.4 is 10.6 Å². The molecule has 0 spiro atoms. The number of hydrogen-bond acceptors (Lipinski definition) is 6. The van der Waals surface area contributed by atoms with Crippen molar-refractivity contribution >= 4 is 34.2 Å². The Morgan fingerprint density at radius 3 is 2.48 bits per heavy atom. The number of aromatic hydroxyl groups is 1. The fourth-order valence-electron chi connectivity index (χ4n) is 3.30. The molecule has 10 heteroatoms. The number of aromatic nitrogens is 3. The molecule has 10 nitrogen and oxygen atoms in total. The number of amides is 2. The normalized spacial score (nSPS) is 10.8. The number of nitrogens with one attached hydrogen (secondary N) is 2. The van der Waals surface area contributed by atoms with Crippen molar-refractivity contribution in [1.29, 1.82) is 0 Å². The van der Waals surface area contributed by atoms with Crippen molar-refractivity contribution in [1.82, 2.24) is 25.2 Å². The van der Waals surface area contributed by atoms with E-state index in [2.05, 4.69) is 20.7 Å². The summed E-state index contributed by atoms with van der Waals surface area (Å²) in [5, 5.41) is 29.1. The summed E-state index contributed by atoms with van der Waals surface area (Å²) in [6.45, 7) is -0.324. The third kappa shape index (κ3) is 3.73. The molecule has 0 saturated heterocycles. The third-order valence-corrected chi connectivity index (χ3v) is 4.68. The highest BCUT2D eigenvalue weighted by Crippen LogP contribution is 2.33. The van der Waals surface area contributed by atoms with Crippen molar-refractivity contribution in [3.8, 4) is 5.75 Å². The number of rotatable bonds is 6.